The van der Waals surface area contributed by atoms with Crippen LogP contribution in [0.1, 0.15) is 91.0 Å². The summed E-state index contributed by atoms with van der Waals surface area (Å²) in [5.74, 6) is -0.137. The summed E-state index contributed by atoms with van der Waals surface area (Å²) >= 11 is 0. The van der Waals surface area contributed by atoms with Crippen LogP contribution in [0.3, 0.4) is 0 Å². The molecule has 3 aliphatic rings. The maximum Gasteiger partial charge on any atom is 0.494 e. The molecule has 0 amide bonds. The van der Waals surface area contributed by atoms with Gasteiger partial charge in [-0.25, -0.2) is 0 Å². The molecule has 0 unspecified atom stereocenters. The van der Waals surface area contributed by atoms with Crippen LogP contribution in [-0.2, 0) is 14.1 Å². The van der Waals surface area contributed by atoms with Crippen LogP contribution >= 0.6 is 0 Å². The minimum Gasteiger partial charge on any atom is -0.480 e. The molecule has 1 saturated heterocycles. The number of rotatable bonds is 8. The summed E-state index contributed by atoms with van der Waals surface area (Å²) in [6.45, 7) is 8.80. The van der Waals surface area contributed by atoms with Crippen LogP contribution in [0, 0.1) is 11.3 Å². The van der Waals surface area contributed by atoms with E-state index >= 15 is 0 Å². The summed E-state index contributed by atoms with van der Waals surface area (Å²) in [6, 6.07) is 7.75. The Morgan fingerprint density at radius 2 is 1.62 bits per heavy atom. The molecule has 2 aliphatic carbocycles. The van der Waals surface area contributed by atoms with E-state index < -0.39 is 12.0 Å². The second-order valence-corrected chi connectivity index (χ2v) is 11.6. The van der Waals surface area contributed by atoms with Crippen molar-refractivity contribution in [2.45, 2.75) is 103 Å². The predicted octanol–water partition coefficient (Wildman–Crippen LogP) is 5.18. The summed E-state index contributed by atoms with van der Waals surface area (Å²) in [5, 5.41) is 13.6. The number of hydrogen-bond acceptors (Lipinski definition) is 4. The number of carbonyl (C=O) groups is 1. The van der Waals surface area contributed by atoms with E-state index in [2.05, 4.69) is 51.2 Å². The topological polar surface area (TPSA) is 67.8 Å². The molecular formula is C28H42BNO4. The second kappa shape index (κ2) is 10.2. The minimum atomic E-state index is -0.686. The molecule has 2 saturated carbocycles. The molecule has 4 rings (SSSR count). The fourth-order valence-electron chi connectivity index (χ4n) is 6.30. The highest BCUT2D eigenvalue weighted by Crippen LogP contribution is 2.51. The van der Waals surface area contributed by atoms with Crippen LogP contribution in [0.4, 0.5) is 0 Å². The van der Waals surface area contributed by atoms with Gasteiger partial charge in [0.05, 0.1) is 11.2 Å². The van der Waals surface area contributed by atoms with Gasteiger partial charge in [0.2, 0.25) is 0 Å². The molecule has 186 valence electrons. The van der Waals surface area contributed by atoms with Crippen LogP contribution in [0.15, 0.2) is 30.3 Å². The van der Waals surface area contributed by atoms with E-state index in [4.69, 9.17) is 9.31 Å². The van der Waals surface area contributed by atoms with Crippen molar-refractivity contribution >= 4 is 24.6 Å². The van der Waals surface area contributed by atoms with Gasteiger partial charge in [0, 0.05) is 6.54 Å². The Bertz CT molecular complexity index is 851. The lowest BCUT2D eigenvalue weighted by molar-refractivity contribution is -0.146. The van der Waals surface area contributed by atoms with Crippen molar-refractivity contribution in [3.8, 4) is 0 Å². The van der Waals surface area contributed by atoms with Crippen LogP contribution < -0.4 is 10.8 Å². The highest BCUT2D eigenvalue weighted by atomic mass is 16.7. The molecule has 5 nitrogen and oxygen atoms in total. The molecule has 0 bridgehead atoms. The van der Waals surface area contributed by atoms with Gasteiger partial charge in [0.25, 0.3) is 0 Å². The first-order chi connectivity index (χ1) is 16.1. The number of aliphatic carboxylic acids is 1. The Kier molecular flexibility index (Phi) is 7.61. The third-order valence-corrected chi connectivity index (χ3v) is 8.99. The maximum atomic E-state index is 12.4. The molecule has 1 atom stereocenters. The lowest BCUT2D eigenvalue weighted by Gasteiger charge is -2.46. The minimum absolute atomic E-state index is 0.0844. The van der Waals surface area contributed by atoms with Gasteiger partial charge in [-0.15, -0.1) is 0 Å². The smallest absolute Gasteiger partial charge is 0.480 e. The summed E-state index contributed by atoms with van der Waals surface area (Å²) in [4.78, 5) is 12.4. The number of carboxylic acids is 1. The van der Waals surface area contributed by atoms with Crippen molar-refractivity contribution in [3.63, 3.8) is 0 Å². The van der Waals surface area contributed by atoms with Crippen molar-refractivity contribution < 1.29 is 19.2 Å². The normalized spacial score (nSPS) is 25.1. The summed E-state index contributed by atoms with van der Waals surface area (Å²) < 4.78 is 12.3. The molecule has 0 radical (unpaired) electrons. The molecule has 34 heavy (non-hydrogen) atoms. The second-order valence-electron chi connectivity index (χ2n) is 11.6. The molecule has 6 heteroatoms. The zero-order valence-electron chi connectivity index (χ0n) is 21.4. The van der Waals surface area contributed by atoms with E-state index in [1.807, 2.05) is 18.2 Å². The third-order valence-electron chi connectivity index (χ3n) is 8.99. The van der Waals surface area contributed by atoms with E-state index in [-0.39, 0.29) is 23.7 Å². The van der Waals surface area contributed by atoms with E-state index in [1.165, 1.54) is 32.1 Å². The lowest BCUT2D eigenvalue weighted by Crippen LogP contribution is -2.54. The lowest BCUT2D eigenvalue weighted by atomic mass is 9.61. The average molecular weight is 467 g/mol. The third kappa shape index (κ3) is 5.14. The average Bonchev–Trinajstić information content (AvgIpc) is 3.41. The first-order valence-electron chi connectivity index (χ1n) is 13.2. The maximum absolute atomic E-state index is 12.4. The van der Waals surface area contributed by atoms with Crippen LogP contribution in [-0.4, -0.2) is 42.0 Å². The van der Waals surface area contributed by atoms with Gasteiger partial charge in [-0.05, 0) is 75.7 Å². The highest BCUT2D eigenvalue weighted by Gasteiger charge is 2.52. The van der Waals surface area contributed by atoms with E-state index in [1.54, 1.807) is 0 Å². The zero-order chi connectivity index (χ0) is 24.4. The number of benzene rings is 1. The Hall–Kier alpha value is -1.63. The van der Waals surface area contributed by atoms with Gasteiger partial charge in [-0.1, -0.05) is 68.5 Å². The molecule has 0 aromatic heterocycles. The van der Waals surface area contributed by atoms with Gasteiger partial charge in [0.1, 0.15) is 6.04 Å². The molecule has 1 aromatic rings. The van der Waals surface area contributed by atoms with Crippen LogP contribution in [0.5, 0.6) is 0 Å². The predicted molar refractivity (Wildman–Crippen MR) is 138 cm³/mol. The van der Waals surface area contributed by atoms with Gasteiger partial charge in [-0.3, -0.25) is 4.79 Å². The van der Waals surface area contributed by atoms with Gasteiger partial charge < -0.3 is 19.7 Å². The molecule has 3 fully saturated rings. The Morgan fingerprint density at radius 3 is 2.18 bits per heavy atom. The Balaban J connectivity index is 1.37. The first-order valence-corrected chi connectivity index (χ1v) is 13.2. The Labute approximate surface area is 205 Å². The van der Waals surface area contributed by atoms with Crippen LogP contribution in [0.2, 0.25) is 0 Å². The molecule has 1 aromatic carbocycles. The van der Waals surface area contributed by atoms with Gasteiger partial charge in [0.15, 0.2) is 0 Å². The van der Waals surface area contributed by atoms with Crippen molar-refractivity contribution in [3.05, 3.63) is 35.9 Å². The monoisotopic (exact) mass is 467 g/mol. The molecule has 1 heterocycles. The summed E-state index contributed by atoms with van der Waals surface area (Å²) in [5.41, 5.74) is 1.31. The SMILES string of the molecule is CC1(C)OB(c2ccc(C=CCN[C@H](C(=O)O)C3(C4CCCC4)CCCCC3)cc2)OC1(C)C. The molecule has 2 N–H and O–H groups in total. The number of nitrogens with one attached hydrogen (secondary N) is 1. The molecule has 1 aliphatic heterocycles. The van der Waals surface area contributed by atoms with Crippen molar-refractivity contribution in [2.24, 2.45) is 11.3 Å². The highest BCUT2D eigenvalue weighted by molar-refractivity contribution is 6.62. The molecular weight excluding hydrogens is 425 g/mol. The van der Waals surface area contributed by atoms with Gasteiger partial charge in [-0.2, -0.15) is 0 Å². The Morgan fingerprint density at radius 1 is 1.03 bits per heavy atom. The largest absolute Gasteiger partial charge is 0.494 e. The zero-order valence-corrected chi connectivity index (χ0v) is 21.4. The quantitative estimate of drug-likeness (QED) is 0.516. The van der Waals surface area contributed by atoms with E-state index in [0.717, 1.165) is 36.7 Å². The van der Waals surface area contributed by atoms with Gasteiger partial charge >= 0.3 is 13.1 Å². The fourth-order valence-corrected chi connectivity index (χ4v) is 6.30. The summed E-state index contributed by atoms with van der Waals surface area (Å²) in [7, 11) is -0.358. The van der Waals surface area contributed by atoms with Crippen molar-refractivity contribution in [2.75, 3.05) is 6.54 Å². The number of hydrogen-bond donors (Lipinski definition) is 2. The number of carboxylic acid groups (broad SMARTS) is 1. The molecule has 0 spiro atoms. The fraction of sp³-hybridized carbons (Fsp3) is 0.679. The van der Waals surface area contributed by atoms with Crippen molar-refractivity contribution in [1.82, 2.24) is 5.32 Å². The standard InChI is InChI=1S/C28H42BNO4/c1-26(2)27(3,4)34-29(33-26)23-16-14-21(15-17-23)11-10-20-30-24(25(31)32)28(18-8-5-9-19-28)22-12-6-7-13-22/h10-11,14-17,22,24,30H,5-9,12-13,18-20H2,1-4H3,(H,31,32)/t24-/m1/s1. The van der Waals surface area contributed by atoms with Crippen LogP contribution in [0.25, 0.3) is 6.08 Å². The van der Waals surface area contributed by atoms with E-state index in [9.17, 15) is 9.90 Å². The first kappa shape index (κ1) is 25.5. The van der Waals surface area contributed by atoms with E-state index in [0.29, 0.717) is 12.5 Å². The summed E-state index contributed by atoms with van der Waals surface area (Å²) in [6.07, 6.45) is 14.6. The van der Waals surface area contributed by atoms with Crippen molar-refractivity contribution in [1.29, 1.82) is 0 Å².